The summed E-state index contributed by atoms with van der Waals surface area (Å²) in [6, 6.07) is 1.14. The fourth-order valence-corrected chi connectivity index (χ4v) is 7.36. The minimum absolute atomic E-state index is 0.147. The van der Waals surface area contributed by atoms with E-state index in [1.54, 1.807) is 0 Å². The largest absolute Gasteiger partial charge is 0.397 e. The average molecular weight is 387 g/mol. The van der Waals surface area contributed by atoms with Gasteiger partial charge < -0.3 is 8.85 Å². The van der Waals surface area contributed by atoms with Crippen LogP contribution in [-0.2, 0) is 8.85 Å². The van der Waals surface area contributed by atoms with Gasteiger partial charge in [0.2, 0.25) is 0 Å². The maximum atomic E-state index is 6.17. The third kappa shape index (κ3) is 11.8. The summed E-state index contributed by atoms with van der Waals surface area (Å²) in [5.41, 5.74) is 0. The minimum Gasteiger partial charge on any atom is -0.397 e. The molecule has 0 aromatic rings. The molecule has 1 unspecified atom stereocenters. The van der Waals surface area contributed by atoms with Gasteiger partial charge in [0.25, 0.3) is 0 Å². The van der Waals surface area contributed by atoms with Crippen molar-refractivity contribution in [2.45, 2.75) is 136 Å². The second kappa shape index (κ2) is 16.1. The van der Waals surface area contributed by atoms with Crippen LogP contribution in [0.4, 0.5) is 0 Å². The monoisotopic (exact) mass is 386 g/mol. The van der Waals surface area contributed by atoms with Crippen molar-refractivity contribution in [2.24, 2.45) is 0 Å². The molecule has 0 saturated carbocycles. The quantitative estimate of drug-likeness (QED) is 0.174. The Morgan fingerprint density at radius 2 is 1.00 bits per heavy atom. The molecule has 0 amide bonds. The minimum atomic E-state index is -2.07. The first-order valence-corrected chi connectivity index (χ1v) is 13.6. The smallest absolute Gasteiger partial charge is 0.343 e. The topological polar surface area (TPSA) is 18.5 Å². The molecule has 0 fully saturated rings. The van der Waals surface area contributed by atoms with Gasteiger partial charge in [-0.15, -0.1) is 0 Å². The molecule has 26 heavy (non-hydrogen) atoms. The Labute approximate surface area is 167 Å². The molecule has 158 valence electrons. The lowest BCUT2D eigenvalue weighted by Gasteiger charge is -2.39. The van der Waals surface area contributed by atoms with Crippen LogP contribution in [0.2, 0.25) is 11.1 Å². The molecule has 0 spiro atoms. The lowest BCUT2D eigenvalue weighted by atomic mass is 10.0. The Hall–Kier alpha value is 0.137. The summed E-state index contributed by atoms with van der Waals surface area (Å²) >= 11 is 0. The molecule has 0 bridgehead atoms. The zero-order chi connectivity index (χ0) is 19.7. The number of hydrogen-bond acceptors (Lipinski definition) is 2. The molecule has 1 atom stereocenters. The molecular weight excluding hydrogens is 336 g/mol. The van der Waals surface area contributed by atoms with E-state index in [1.807, 2.05) is 7.11 Å². The van der Waals surface area contributed by atoms with Crippen LogP contribution in [0.25, 0.3) is 0 Å². The first kappa shape index (κ1) is 26.1. The van der Waals surface area contributed by atoms with Gasteiger partial charge in [-0.1, -0.05) is 118 Å². The second-order valence-electron chi connectivity index (χ2n) is 8.99. The third-order valence-corrected chi connectivity index (χ3v) is 10.4. The fourth-order valence-electron chi connectivity index (χ4n) is 3.92. The van der Waals surface area contributed by atoms with Gasteiger partial charge in [-0.25, -0.2) is 0 Å². The molecule has 0 rings (SSSR count). The highest BCUT2D eigenvalue weighted by Crippen LogP contribution is 2.41. The van der Waals surface area contributed by atoms with Crippen molar-refractivity contribution in [1.29, 1.82) is 0 Å². The molecule has 0 aliphatic rings. The van der Waals surface area contributed by atoms with Crippen molar-refractivity contribution in [3.63, 3.8) is 0 Å². The molecule has 2 nitrogen and oxygen atoms in total. The summed E-state index contributed by atoms with van der Waals surface area (Å²) in [5, 5.41) is 0.147. The summed E-state index contributed by atoms with van der Waals surface area (Å²) in [6.45, 7) is 12.0. The standard InChI is InChI=1S/C23H50O2Si/c1-7-9-10-11-12-13-14-15-16-17-18-19-20-21-22-26(24-6,25-8-2)23(3,4)5/h7-22H2,1-6H3. The molecular formula is C23H50O2Si. The first-order chi connectivity index (χ1) is 12.4. The molecule has 0 radical (unpaired) electrons. The predicted molar refractivity (Wildman–Crippen MR) is 119 cm³/mol. The summed E-state index contributed by atoms with van der Waals surface area (Å²) < 4.78 is 12.1. The zero-order valence-electron chi connectivity index (χ0n) is 19.1. The Bertz CT molecular complexity index is 301. The van der Waals surface area contributed by atoms with Crippen LogP contribution in [-0.4, -0.2) is 22.3 Å². The highest BCUT2D eigenvalue weighted by atomic mass is 28.4. The molecule has 0 aromatic carbocycles. The van der Waals surface area contributed by atoms with Gasteiger partial charge in [-0.2, -0.15) is 0 Å². The SMILES string of the molecule is CCCCCCCCCCCCCCCC[Si](OC)(OCC)C(C)(C)C. The Balaban J connectivity index is 3.60. The molecule has 0 saturated heterocycles. The average Bonchev–Trinajstić information content (AvgIpc) is 2.60. The Morgan fingerprint density at radius 1 is 0.615 bits per heavy atom. The maximum absolute atomic E-state index is 6.17. The van der Waals surface area contributed by atoms with Gasteiger partial charge in [-0.05, 0) is 13.0 Å². The van der Waals surface area contributed by atoms with E-state index in [0.717, 1.165) is 12.7 Å². The maximum Gasteiger partial charge on any atom is 0.343 e. The van der Waals surface area contributed by atoms with Gasteiger partial charge in [0.1, 0.15) is 0 Å². The van der Waals surface area contributed by atoms with E-state index in [1.165, 1.54) is 89.9 Å². The summed E-state index contributed by atoms with van der Waals surface area (Å²) in [6.07, 6.45) is 19.7. The lowest BCUT2D eigenvalue weighted by Crippen LogP contribution is -2.49. The van der Waals surface area contributed by atoms with E-state index in [4.69, 9.17) is 8.85 Å². The van der Waals surface area contributed by atoms with Crippen LogP contribution in [0.5, 0.6) is 0 Å². The molecule has 0 aromatic heterocycles. The van der Waals surface area contributed by atoms with E-state index in [0.29, 0.717) is 0 Å². The second-order valence-corrected chi connectivity index (χ2v) is 13.2. The number of hydrogen-bond donors (Lipinski definition) is 0. The van der Waals surface area contributed by atoms with Gasteiger partial charge in [0.05, 0.1) is 0 Å². The number of unbranched alkanes of at least 4 members (excludes halogenated alkanes) is 13. The summed E-state index contributed by atoms with van der Waals surface area (Å²) in [5.74, 6) is 0. The van der Waals surface area contributed by atoms with E-state index >= 15 is 0 Å². The van der Waals surface area contributed by atoms with Crippen molar-refractivity contribution >= 4 is 8.56 Å². The van der Waals surface area contributed by atoms with Gasteiger partial charge in [0, 0.05) is 18.8 Å². The third-order valence-electron chi connectivity index (χ3n) is 5.71. The number of rotatable bonds is 18. The lowest BCUT2D eigenvalue weighted by molar-refractivity contribution is 0.183. The van der Waals surface area contributed by atoms with Gasteiger partial charge in [0.15, 0.2) is 0 Å². The van der Waals surface area contributed by atoms with Crippen molar-refractivity contribution in [3.8, 4) is 0 Å². The molecule has 0 N–H and O–H groups in total. The Kier molecular flexibility index (Phi) is 16.2. The Morgan fingerprint density at radius 3 is 1.31 bits per heavy atom. The predicted octanol–water partition coefficient (Wildman–Crippen LogP) is 8.39. The summed E-state index contributed by atoms with van der Waals surface area (Å²) in [7, 11) is -0.216. The zero-order valence-corrected chi connectivity index (χ0v) is 20.1. The highest BCUT2D eigenvalue weighted by Gasteiger charge is 2.47. The van der Waals surface area contributed by atoms with Crippen LogP contribution in [0, 0.1) is 0 Å². The van der Waals surface area contributed by atoms with Crippen LogP contribution < -0.4 is 0 Å². The highest BCUT2D eigenvalue weighted by molar-refractivity contribution is 6.70. The molecule has 0 aliphatic heterocycles. The van der Waals surface area contributed by atoms with Crippen molar-refractivity contribution in [1.82, 2.24) is 0 Å². The molecule has 0 aliphatic carbocycles. The van der Waals surface area contributed by atoms with Crippen molar-refractivity contribution in [2.75, 3.05) is 13.7 Å². The molecule has 3 heteroatoms. The van der Waals surface area contributed by atoms with Crippen LogP contribution in [0.3, 0.4) is 0 Å². The van der Waals surface area contributed by atoms with Gasteiger partial charge in [-0.3, -0.25) is 0 Å². The van der Waals surface area contributed by atoms with E-state index in [2.05, 4.69) is 34.6 Å². The first-order valence-electron chi connectivity index (χ1n) is 11.6. The van der Waals surface area contributed by atoms with E-state index in [-0.39, 0.29) is 5.04 Å². The van der Waals surface area contributed by atoms with Crippen molar-refractivity contribution in [3.05, 3.63) is 0 Å². The van der Waals surface area contributed by atoms with Crippen molar-refractivity contribution < 1.29 is 8.85 Å². The summed E-state index contributed by atoms with van der Waals surface area (Å²) in [4.78, 5) is 0. The van der Waals surface area contributed by atoms with E-state index < -0.39 is 8.56 Å². The van der Waals surface area contributed by atoms with Crippen LogP contribution in [0.15, 0.2) is 0 Å². The van der Waals surface area contributed by atoms with Gasteiger partial charge >= 0.3 is 8.56 Å². The van der Waals surface area contributed by atoms with E-state index in [9.17, 15) is 0 Å². The van der Waals surface area contributed by atoms with Crippen LogP contribution >= 0.6 is 0 Å². The fraction of sp³-hybridized carbons (Fsp3) is 1.00. The van der Waals surface area contributed by atoms with Crippen LogP contribution in [0.1, 0.15) is 125 Å². The normalized spacial score (nSPS) is 14.5. The molecule has 0 heterocycles.